The van der Waals surface area contributed by atoms with Crippen LogP contribution in [0.25, 0.3) is 0 Å². The van der Waals surface area contributed by atoms with Crippen LogP contribution in [0, 0.1) is 10.1 Å². The average molecular weight is 308 g/mol. The number of nitrogens with zero attached hydrogens (tertiary/aromatic N) is 2. The first-order valence-electron chi connectivity index (χ1n) is 7.45. The minimum absolute atomic E-state index is 0.0526. The van der Waals surface area contributed by atoms with Crippen molar-refractivity contribution in [1.82, 2.24) is 4.90 Å². The minimum atomic E-state index is -0.819. The molecule has 1 aromatic carbocycles. The Labute approximate surface area is 128 Å². The van der Waals surface area contributed by atoms with E-state index < -0.39 is 22.1 Å². The van der Waals surface area contributed by atoms with Gasteiger partial charge in [-0.3, -0.25) is 14.9 Å². The van der Waals surface area contributed by atoms with Crippen LogP contribution in [0.3, 0.4) is 0 Å². The molecule has 0 aromatic heterocycles. The number of hydrogen-bond acceptors (Lipinski definition) is 6. The first-order chi connectivity index (χ1) is 10.5. The zero-order valence-corrected chi connectivity index (χ0v) is 12.3. The van der Waals surface area contributed by atoms with Gasteiger partial charge in [-0.05, 0) is 32.0 Å². The number of hydrogen-bond donors (Lipinski definition) is 2. The van der Waals surface area contributed by atoms with Gasteiger partial charge in [-0.25, -0.2) is 0 Å². The molecule has 1 heterocycles. The summed E-state index contributed by atoms with van der Waals surface area (Å²) in [6.45, 7) is 2.54. The number of likely N-dealkylation sites (tertiary alicyclic amines) is 1. The number of carbonyl (C=O) groups is 1. The van der Waals surface area contributed by atoms with E-state index >= 15 is 0 Å². The lowest BCUT2D eigenvalue weighted by Gasteiger charge is -2.19. The summed E-state index contributed by atoms with van der Waals surface area (Å²) in [6.07, 6.45) is 4.91. The molecule has 1 aliphatic rings. The Morgan fingerprint density at radius 3 is 2.41 bits per heavy atom. The minimum Gasteiger partial charge on any atom is -0.504 e. The summed E-state index contributed by atoms with van der Waals surface area (Å²) < 4.78 is 0. The molecule has 0 spiro atoms. The third-order valence-corrected chi connectivity index (χ3v) is 3.94. The molecule has 0 saturated carbocycles. The molecule has 1 aliphatic heterocycles. The standard InChI is InChI=1S/C15H20N2O5/c18-13(5-8-16-6-3-1-2-4-7-16)11-9-12(17(21)22)15(20)14(19)10-11/h9-10,19-20H,1-8H2. The summed E-state index contributed by atoms with van der Waals surface area (Å²) >= 11 is 0. The molecule has 1 saturated heterocycles. The molecule has 0 unspecified atom stereocenters. The van der Waals surface area contributed by atoms with Crippen molar-refractivity contribution in [3.8, 4) is 11.5 Å². The molecule has 0 amide bonds. The van der Waals surface area contributed by atoms with Gasteiger partial charge in [0, 0.05) is 24.6 Å². The number of aromatic hydroxyl groups is 2. The van der Waals surface area contributed by atoms with Gasteiger partial charge >= 0.3 is 5.69 Å². The summed E-state index contributed by atoms with van der Waals surface area (Å²) in [4.78, 5) is 24.4. The SMILES string of the molecule is O=C(CCN1CCCCCC1)c1cc(O)c(O)c([N+](=O)[O-])c1. The lowest BCUT2D eigenvalue weighted by molar-refractivity contribution is -0.386. The maximum Gasteiger partial charge on any atom is 0.315 e. The Morgan fingerprint density at radius 2 is 1.82 bits per heavy atom. The molecule has 22 heavy (non-hydrogen) atoms. The predicted molar refractivity (Wildman–Crippen MR) is 80.3 cm³/mol. The Balaban J connectivity index is 2.04. The molecule has 0 atom stereocenters. The predicted octanol–water partition coefficient (Wildman–Crippen LogP) is 2.45. The molecule has 0 radical (unpaired) electrons. The third-order valence-electron chi connectivity index (χ3n) is 3.94. The van der Waals surface area contributed by atoms with Crippen LogP contribution in [-0.2, 0) is 0 Å². The number of nitro benzene ring substituents is 1. The molecule has 0 aliphatic carbocycles. The number of Topliss-reactive ketones (excluding diaryl/α,β-unsaturated/α-hetero) is 1. The van der Waals surface area contributed by atoms with E-state index in [1.807, 2.05) is 0 Å². The highest BCUT2D eigenvalue weighted by molar-refractivity contribution is 5.97. The molecular weight excluding hydrogens is 288 g/mol. The smallest absolute Gasteiger partial charge is 0.315 e. The van der Waals surface area contributed by atoms with Crippen molar-refractivity contribution in [2.24, 2.45) is 0 Å². The molecule has 2 rings (SSSR count). The van der Waals surface area contributed by atoms with Crippen LogP contribution in [-0.4, -0.2) is 45.5 Å². The van der Waals surface area contributed by atoms with Gasteiger partial charge in [0.1, 0.15) is 0 Å². The van der Waals surface area contributed by atoms with Crippen molar-refractivity contribution in [1.29, 1.82) is 0 Å². The zero-order valence-electron chi connectivity index (χ0n) is 12.3. The van der Waals surface area contributed by atoms with E-state index in [2.05, 4.69) is 4.90 Å². The lowest BCUT2D eigenvalue weighted by atomic mass is 10.1. The van der Waals surface area contributed by atoms with Crippen LogP contribution in [0.1, 0.15) is 42.5 Å². The van der Waals surface area contributed by atoms with E-state index in [0.29, 0.717) is 6.54 Å². The van der Waals surface area contributed by atoms with Crippen LogP contribution >= 0.6 is 0 Å². The second kappa shape index (κ2) is 7.22. The number of phenolic OH excluding ortho intramolecular Hbond substituents is 2. The van der Waals surface area contributed by atoms with Crippen LogP contribution in [0.2, 0.25) is 0 Å². The van der Waals surface area contributed by atoms with Crippen LogP contribution < -0.4 is 0 Å². The maximum absolute atomic E-state index is 12.2. The van der Waals surface area contributed by atoms with Crippen molar-refractivity contribution in [2.75, 3.05) is 19.6 Å². The Morgan fingerprint density at radius 1 is 1.18 bits per heavy atom. The van der Waals surface area contributed by atoms with Crippen molar-refractivity contribution >= 4 is 11.5 Å². The van der Waals surface area contributed by atoms with E-state index in [4.69, 9.17) is 0 Å². The fourth-order valence-corrected chi connectivity index (χ4v) is 2.67. The quantitative estimate of drug-likeness (QED) is 0.375. The highest BCUT2D eigenvalue weighted by Crippen LogP contribution is 2.36. The third kappa shape index (κ3) is 3.94. The van der Waals surface area contributed by atoms with Gasteiger partial charge in [0.15, 0.2) is 11.5 Å². The van der Waals surface area contributed by atoms with Crippen LogP contribution in [0.5, 0.6) is 11.5 Å². The highest BCUT2D eigenvalue weighted by atomic mass is 16.6. The van der Waals surface area contributed by atoms with E-state index in [1.165, 1.54) is 12.8 Å². The molecule has 120 valence electrons. The van der Waals surface area contributed by atoms with Crippen LogP contribution in [0.15, 0.2) is 12.1 Å². The number of ketones is 1. The molecular formula is C15H20N2O5. The summed E-state index contributed by atoms with van der Waals surface area (Å²) in [5, 5.41) is 29.8. The number of rotatable bonds is 5. The molecule has 1 aromatic rings. The number of phenols is 2. The van der Waals surface area contributed by atoms with Gasteiger partial charge in [-0.15, -0.1) is 0 Å². The first kappa shape index (κ1) is 16.2. The van der Waals surface area contributed by atoms with Crippen molar-refractivity contribution in [2.45, 2.75) is 32.1 Å². The maximum atomic E-state index is 12.2. The van der Waals surface area contributed by atoms with Crippen molar-refractivity contribution in [3.63, 3.8) is 0 Å². The molecule has 1 fully saturated rings. The normalized spacial score (nSPS) is 16.2. The van der Waals surface area contributed by atoms with E-state index in [1.54, 1.807) is 0 Å². The molecule has 2 N–H and O–H groups in total. The second-order valence-corrected chi connectivity index (χ2v) is 5.55. The first-order valence-corrected chi connectivity index (χ1v) is 7.45. The second-order valence-electron chi connectivity index (χ2n) is 5.55. The van der Waals surface area contributed by atoms with E-state index in [9.17, 15) is 25.1 Å². The molecule has 7 heteroatoms. The monoisotopic (exact) mass is 308 g/mol. The summed E-state index contributed by atoms with van der Waals surface area (Å²) in [7, 11) is 0. The highest BCUT2D eigenvalue weighted by Gasteiger charge is 2.22. The number of nitro groups is 1. The fraction of sp³-hybridized carbons (Fsp3) is 0.533. The average Bonchev–Trinajstić information content (AvgIpc) is 2.75. The lowest BCUT2D eigenvalue weighted by Crippen LogP contribution is -2.27. The molecule has 0 bridgehead atoms. The van der Waals surface area contributed by atoms with E-state index in [-0.39, 0.29) is 17.8 Å². The van der Waals surface area contributed by atoms with Crippen molar-refractivity contribution < 1.29 is 19.9 Å². The van der Waals surface area contributed by atoms with Gasteiger partial charge in [-0.1, -0.05) is 12.8 Å². The fourth-order valence-electron chi connectivity index (χ4n) is 2.67. The zero-order chi connectivity index (χ0) is 16.1. The summed E-state index contributed by atoms with van der Waals surface area (Å²) in [5.74, 6) is -1.73. The van der Waals surface area contributed by atoms with Crippen molar-refractivity contribution in [3.05, 3.63) is 27.8 Å². The molecule has 7 nitrogen and oxygen atoms in total. The number of carbonyl (C=O) groups excluding carboxylic acids is 1. The van der Waals surface area contributed by atoms with E-state index in [0.717, 1.165) is 38.1 Å². The van der Waals surface area contributed by atoms with Gasteiger partial charge in [0.25, 0.3) is 0 Å². The van der Waals surface area contributed by atoms with Gasteiger partial charge in [0.05, 0.1) is 4.92 Å². The van der Waals surface area contributed by atoms with Gasteiger partial charge in [0.2, 0.25) is 5.75 Å². The topological polar surface area (TPSA) is 104 Å². The Hall–Kier alpha value is -2.15. The summed E-state index contributed by atoms with van der Waals surface area (Å²) in [6, 6.07) is 2.09. The van der Waals surface area contributed by atoms with Crippen LogP contribution in [0.4, 0.5) is 5.69 Å². The van der Waals surface area contributed by atoms with Gasteiger partial charge in [-0.2, -0.15) is 0 Å². The van der Waals surface area contributed by atoms with Gasteiger partial charge < -0.3 is 15.1 Å². The Kier molecular flexibility index (Phi) is 5.32. The largest absolute Gasteiger partial charge is 0.504 e. The summed E-state index contributed by atoms with van der Waals surface area (Å²) in [5.41, 5.74) is -0.602. The Bertz CT molecular complexity index is 565. The number of benzene rings is 1.